The van der Waals surface area contributed by atoms with Gasteiger partial charge in [0.25, 0.3) is 5.91 Å². The molecule has 0 aromatic heterocycles. The number of hydrogen-bond acceptors (Lipinski definition) is 4. The van der Waals surface area contributed by atoms with Crippen LogP contribution in [0.15, 0.2) is 18.2 Å². The summed E-state index contributed by atoms with van der Waals surface area (Å²) in [5, 5.41) is 5.27. The highest BCUT2D eigenvalue weighted by Gasteiger charge is 2.31. The third-order valence-corrected chi connectivity index (χ3v) is 5.92. The van der Waals surface area contributed by atoms with Gasteiger partial charge in [-0.1, -0.05) is 11.6 Å². The molecule has 0 radical (unpaired) electrons. The highest BCUT2D eigenvalue weighted by atomic mass is 32.2. The van der Waals surface area contributed by atoms with Crippen molar-refractivity contribution in [2.45, 2.75) is 25.0 Å². The lowest BCUT2D eigenvalue weighted by Crippen LogP contribution is -2.34. The number of hydrogen-bond donors (Lipinski definition) is 2. The van der Waals surface area contributed by atoms with Gasteiger partial charge in [-0.05, 0) is 31.9 Å². The molecule has 1 aromatic rings. The molecule has 2 rings (SSSR count). The summed E-state index contributed by atoms with van der Waals surface area (Å²) >= 11 is 0. The molecular formula is C14H20N2O3S. The Hall–Kier alpha value is -1.56. The minimum Gasteiger partial charge on any atom is -0.387 e. The van der Waals surface area contributed by atoms with Crippen LogP contribution in [0.2, 0.25) is 0 Å². The van der Waals surface area contributed by atoms with Gasteiger partial charge in [-0.25, -0.2) is 8.42 Å². The fraction of sp³-hybridized carbons (Fsp3) is 0.500. The minimum absolute atomic E-state index is 0.193. The Kier molecular flexibility index (Phi) is 4.32. The van der Waals surface area contributed by atoms with Gasteiger partial charge in [-0.15, -0.1) is 0 Å². The van der Waals surface area contributed by atoms with Crippen molar-refractivity contribution in [1.82, 2.24) is 5.32 Å². The molecule has 1 aromatic carbocycles. The van der Waals surface area contributed by atoms with Gasteiger partial charge in [-0.3, -0.25) is 4.79 Å². The van der Waals surface area contributed by atoms with E-state index in [9.17, 15) is 13.2 Å². The molecule has 1 amide bonds. The van der Waals surface area contributed by atoms with Gasteiger partial charge in [-0.2, -0.15) is 0 Å². The highest BCUT2D eigenvalue weighted by molar-refractivity contribution is 7.92. The minimum atomic E-state index is -3.02. The number of aryl methyl sites for hydroxylation is 1. The zero-order chi connectivity index (χ0) is 14.8. The summed E-state index contributed by atoms with van der Waals surface area (Å²) in [5.74, 6) is -0.000111. The first-order valence-electron chi connectivity index (χ1n) is 6.72. The Morgan fingerprint density at radius 2 is 2.15 bits per heavy atom. The smallest absolute Gasteiger partial charge is 0.253 e. The summed E-state index contributed by atoms with van der Waals surface area (Å²) < 4.78 is 23.4. The maximum Gasteiger partial charge on any atom is 0.253 e. The molecule has 1 saturated heterocycles. The molecule has 1 fully saturated rings. The average Bonchev–Trinajstić information content (AvgIpc) is 2.75. The molecule has 1 heterocycles. The van der Waals surface area contributed by atoms with Crippen LogP contribution in [0.3, 0.4) is 0 Å². The van der Waals surface area contributed by atoms with Crippen molar-refractivity contribution in [3.05, 3.63) is 29.3 Å². The average molecular weight is 296 g/mol. The zero-order valence-electron chi connectivity index (χ0n) is 11.8. The first-order chi connectivity index (χ1) is 9.44. The standard InChI is InChI=1S/C14H20N2O3S/c1-10-5-6-13(15-2)12(8-10)14(17)16-9-11-4-3-7-20(11,18)19/h5-6,8,11,15H,3-4,7,9H2,1-2H3,(H,16,17). The number of amides is 1. The number of carbonyl (C=O) groups excluding carboxylic acids is 1. The Balaban J connectivity index is 2.07. The fourth-order valence-electron chi connectivity index (χ4n) is 2.45. The van der Waals surface area contributed by atoms with E-state index < -0.39 is 15.1 Å². The monoisotopic (exact) mass is 296 g/mol. The van der Waals surface area contributed by atoms with E-state index in [2.05, 4.69) is 10.6 Å². The van der Waals surface area contributed by atoms with Crippen molar-refractivity contribution in [3.8, 4) is 0 Å². The molecule has 0 spiro atoms. The molecule has 1 atom stereocenters. The summed E-state index contributed by atoms with van der Waals surface area (Å²) in [7, 11) is -1.27. The Bertz CT molecular complexity index is 611. The van der Waals surface area contributed by atoms with E-state index in [1.54, 1.807) is 13.1 Å². The van der Waals surface area contributed by atoms with E-state index >= 15 is 0 Å². The number of carbonyl (C=O) groups is 1. The van der Waals surface area contributed by atoms with Crippen LogP contribution in [0.1, 0.15) is 28.8 Å². The lowest BCUT2D eigenvalue weighted by molar-refractivity contribution is 0.0954. The van der Waals surface area contributed by atoms with Crippen molar-refractivity contribution in [2.24, 2.45) is 0 Å². The predicted octanol–water partition coefficient (Wildman–Crippen LogP) is 1.34. The molecule has 1 unspecified atom stereocenters. The molecular weight excluding hydrogens is 276 g/mol. The van der Waals surface area contributed by atoms with Crippen LogP contribution in [0.4, 0.5) is 5.69 Å². The highest BCUT2D eigenvalue weighted by Crippen LogP contribution is 2.20. The quantitative estimate of drug-likeness (QED) is 0.879. The van der Waals surface area contributed by atoms with E-state index in [1.807, 2.05) is 19.1 Å². The number of rotatable bonds is 4. The van der Waals surface area contributed by atoms with Gasteiger partial charge in [0.05, 0.1) is 16.6 Å². The van der Waals surface area contributed by atoms with Gasteiger partial charge in [0, 0.05) is 19.3 Å². The maximum atomic E-state index is 12.2. The normalized spacial score (nSPS) is 20.6. The number of anilines is 1. The van der Waals surface area contributed by atoms with E-state index in [-0.39, 0.29) is 18.2 Å². The van der Waals surface area contributed by atoms with Gasteiger partial charge >= 0.3 is 0 Å². The third-order valence-electron chi connectivity index (χ3n) is 3.64. The Morgan fingerprint density at radius 3 is 2.75 bits per heavy atom. The van der Waals surface area contributed by atoms with Gasteiger partial charge in [0.15, 0.2) is 9.84 Å². The lowest BCUT2D eigenvalue weighted by atomic mass is 10.1. The van der Waals surface area contributed by atoms with Crippen LogP contribution in [-0.4, -0.2) is 38.9 Å². The van der Waals surface area contributed by atoms with Crippen LogP contribution >= 0.6 is 0 Å². The maximum absolute atomic E-state index is 12.2. The van der Waals surface area contributed by atoms with Crippen molar-refractivity contribution in [1.29, 1.82) is 0 Å². The molecule has 110 valence electrons. The number of nitrogens with one attached hydrogen (secondary N) is 2. The Morgan fingerprint density at radius 1 is 1.40 bits per heavy atom. The molecule has 6 heteroatoms. The van der Waals surface area contributed by atoms with Crippen LogP contribution in [0, 0.1) is 6.92 Å². The predicted molar refractivity (Wildman–Crippen MR) is 79.9 cm³/mol. The summed E-state index contributed by atoms with van der Waals surface area (Å²) in [6.45, 7) is 2.11. The van der Waals surface area contributed by atoms with Crippen molar-refractivity contribution >= 4 is 21.4 Å². The number of benzene rings is 1. The van der Waals surface area contributed by atoms with Gasteiger partial charge < -0.3 is 10.6 Å². The van der Waals surface area contributed by atoms with E-state index in [0.717, 1.165) is 11.3 Å². The Labute approximate surface area is 119 Å². The van der Waals surface area contributed by atoms with Crippen LogP contribution in [0.5, 0.6) is 0 Å². The van der Waals surface area contributed by atoms with Crippen molar-refractivity contribution < 1.29 is 13.2 Å². The van der Waals surface area contributed by atoms with Crippen LogP contribution in [-0.2, 0) is 9.84 Å². The van der Waals surface area contributed by atoms with E-state index in [1.165, 1.54) is 0 Å². The van der Waals surface area contributed by atoms with Crippen molar-refractivity contribution in [3.63, 3.8) is 0 Å². The lowest BCUT2D eigenvalue weighted by Gasteiger charge is -2.13. The first kappa shape index (κ1) is 14.8. The second kappa shape index (κ2) is 5.83. The number of sulfone groups is 1. The molecule has 2 N–H and O–H groups in total. The largest absolute Gasteiger partial charge is 0.387 e. The van der Waals surface area contributed by atoms with Crippen LogP contribution < -0.4 is 10.6 Å². The van der Waals surface area contributed by atoms with Crippen molar-refractivity contribution in [2.75, 3.05) is 24.7 Å². The summed E-state index contributed by atoms with van der Waals surface area (Å²) in [6.07, 6.45) is 1.32. The third kappa shape index (κ3) is 3.12. The van der Waals surface area contributed by atoms with Gasteiger partial charge in [0.1, 0.15) is 0 Å². The van der Waals surface area contributed by atoms with Crippen LogP contribution in [0.25, 0.3) is 0 Å². The second-order valence-electron chi connectivity index (χ2n) is 5.14. The zero-order valence-corrected chi connectivity index (χ0v) is 12.6. The van der Waals surface area contributed by atoms with E-state index in [0.29, 0.717) is 18.4 Å². The molecule has 5 nitrogen and oxygen atoms in total. The molecule has 1 aliphatic rings. The topological polar surface area (TPSA) is 75.3 Å². The summed E-state index contributed by atoms with van der Waals surface area (Å²) in [6, 6.07) is 5.56. The first-order valence-corrected chi connectivity index (χ1v) is 8.44. The summed E-state index contributed by atoms with van der Waals surface area (Å²) in [4.78, 5) is 12.2. The van der Waals surface area contributed by atoms with E-state index in [4.69, 9.17) is 0 Å². The molecule has 0 aliphatic carbocycles. The fourth-order valence-corrected chi connectivity index (χ4v) is 4.22. The van der Waals surface area contributed by atoms with Gasteiger partial charge in [0.2, 0.25) is 0 Å². The molecule has 1 aliphatic heterocycles. The second-order valence-corrected chi connectivity index (χ2v) is 7.54. The molecule has 20 heavy (non-hydrogen) atoms. The molecule has 0 saturated carbocycles. The summed E-state index contributed by atoms with van der Waals surface area (Å²) in [5.41, 5.74) is 2.27. The molecule has 0 bridgehead atoms. The SMILES string of the molecule is CNc1ccc(C)cc1C(=O)NCC1CCCS1(=O)=O.